The summed E-state index contributed by atoms with van der Waals surface area (Å²) in [6, 6.07) is 11.2. The summed E-state index contributed by atoms with van der Waals surface area (Å²) < 4.78 is 66.6. The van der Waals surface area contributed by atoms with Crippen LogP contribution in [0.15, 0.2) is 65.7 Å². The zero-order valence-corrected chi connectivity index (χ0v) is 17.0. The Morgan fingerprint density at radius 3 is 2.58 bits per heavy atom. The van der Waals surface area contributed by atoms with Gasteiger partial charge in [-0.15, -0.1) is 0 Å². The molecule has 160 valence electrons. The van der Waals surface area contributed by atoms with Crippen molar-refractivity contribution in [2.45, 2.75) is 11.1 Å². The number of hydrogen-bond donors (Lipinski definition) is 3. The average Bonchev–Trinajstić information content (AvgIpc) is 3.36. The summed E-state index contributed by atoms with van der Waals surface area (Å²) >= 11 is 1.12. The molecule has 0 aliphatic heterocycles. The van der Waals surface area contributed by atoms with Gasteiger partial charge >= 0.3 is 6.18 Å². The number of thiazole rings is 1. The van der Waals surface area contributed by atoms with Crippen LogP contribution in [0, 0.1) is 0 Å². The maximum absolute atomic E-state index is 12.9. The van der Waals surface area contributed by atoms with Crippen molar-refractivity contribution in [3.05, 3.63) is 72.1 Å². The molecule has 0 aliphatic carbocycles. The van der Waals surface area contributed by atoms with Crippen LogP contribution < -0.4 is 10.0 Å². The van der Waals surface area contributed by atoms with Gasteiger partial charge in [0.05, 0.1) is 26.4 Å². The Kier molecular flexibility index (Phi) is 5.19. The van der Waals surface area contributed by atoms with Crippen molar-refractivity contribution in [3.8, 4) is 0 Å². The first-order valence-corrected chi connectivity index (χ1v) is 11.0. The summed E-state index contributed by atoms with van der Waals surface area (Å²) in [5, 5.41) is 2.95. The minimum Gasteiger partial charge on any atom is -0.357 e. The molecule has 4 aromatic rings. The quantitative estimate of drug-likeness (QED) is 0.397. The van der Waals surface area contributed by atoms with E-state index in [0.717, 1.165) is 29.5 Å². The lowest BCUT2D eigenvalue weighted by Crippen LogP contribution is -2.14. The highest BCUT2D eigenvalue weighted by Gasteiger charge is 2.31. The maximum Gasteiger partial charge on any atom is 0.416 e. The molecule has 2 heterocycles. The fourth-order valence-electron chi connectivity index (χ4n) is 2.73. The SMILES string of the molecule is O=C(Nc1nc2ccc(NS(=O)(=O)c3cccc(C(F)(F)F)c3)cc2s1)c1ccc[nH]1. The molecule has 0 saturated carbocycles. The molecule has 3 N–H and O–H groups in total. The first-order valence-electron chi connectivity index (χ1n) is 8.67. The molecule has 12 heteroatoms. The maximum atomic E-state index is 12.9. The molecule has 2 aromatic carbocycles. The third-order valence-corrected chi connectivity index (χ3v) is 6.49. The van der Waals surface area contributed by atoms with Crippen LogP contribution in [0.4, 0.5) is 24.0 Å². The van der Waals surface area contributed by atoms with E-state index in [1.165, 1.54) is 12.1 Å². The van der Waals surface area contributed by atoms with E-state index >= 15 is 0 Å². The number of rotatable bonds is 5. The van der Waals surface area contributed by atoms with Crippen LogP contribution in [0.2, 0.25) is 0 Å². The number of amides is 1. The lowest BCUT2D eigenvalue weighted by atomic mass is 10.2. The van der Waals surface area contributed by atoms with Gasteiger partial charge in [-0.25, -0.2) is 13.4 Å². The highest BCUT2D eigenvalue weighted by atomic mass is 32.2. The number of aromatic nitrogens is 2. The molecule has 31 heavy (non-hydrogen) atoms. The zero-order chi connectivity index (χ0) is 22.2. The molecule has 0 saturated heterocycles. The molecule has 0 fully saturated rings. The monoisotopic (exact) mass is 466 g/mol. The van der Waals surface area contributed by atoms with Crippen molar-refractivity contribution in [3.63, 3.8) is 0 Å². The van der Waals surface area contributed by atoms with Crippen molar-refractivity contribution in [2.75, 3.05) is 10.0 Å². The number of carbonyl (C=O) groups excluding carboxylic acids is 1. The van der Waals surface area contributed by atoms with Gasteiger partial charge in [0.25, 0.3) is 15.9 Å². The molecule has 0 bridgehead atoms. The Bertz CT molecular complexity index is 1360. The van der Waals surface area contributed by atoms with E-state index in [2.05, 4.69) is 20.0 Å². The van der Waals surface area contributed by atoms with Gasteiger partial charge in [-0.2, -0.15) is 13.2 Å². The van der Waals surface area contributed by atoms with E-state index in [4.69, 9.17) is 0 Å². The van der Waals surface area contributed by atoms with Crippen molar-refractivity contribution >= 4 is 48.3 Å². The van der Waals surface area contributed by atoms with Gasteiger partial charge < -0.3 is 4.98 Å². The Labute approximate surface area is 178 Å². The molecular weight excluding hydrogens is 453 g/mol. The van der Waals surface area contributed by atoms with Crippen LogP contribution >= 0.6 is 11.3 Å². The molecular formula is C19H13F3N4O3S2. The second-order valence-corrected chi connectivity index (χ2v) is 9.08. The number of sulfonamides is 1. The molecule has 1 amide bonds. The van der Waals surface area contributed by atoms with E-state index < -0.39 is 26.7 Å². The molecule has 0 aliphatic rings. The van der Waals surface area contributed by atoms with Crippen LogP contribution in [0.3, 0.4) is 0 Å². The number of H-pyrrole nitrogens is 1. The van der Waals surface area contributed by atoms with Crippen molar-refractivity contribution < 1.29 is 26.4 Å². The highest BCUT2D eigenvalue weighted by Crippen LogP contribution is 2.32. The van der Waals surface area contributed by atoms with Gasteiger partial charge in [0, 0.05) is 6.20 Å². The van der Waals surface area contributed by atoms with Gasteiger partial charge in [-0.3, -0.25) is 14.8 Å². The van der Waals surface area contributed by atoms with E-state index in [1.54, 1.807) is 24.4 Å². The first-order chi connectivity index (χ1) is 14.6. The van der Waals surface area contributed by atoms with Crippen molar-refractivity contribution in [2.24, 2.45) is 0 Å². The largest absolute Gasteiger partial charge is 0.416 e. The number of alkyl halides is 3. The van der Waals surface area contributed by atoms with Gasteiger partial charge in [0.1, 0.15) is 5.69 Å². The summed E-state index contributed by atoms with van der Waals surface area (Å²) in [6.07, 6.45) is -3.05. The van der Waals surface area contributed by atoms with Crippen LogP contribution in [-0.4, -0.2) is 24.3 Å². The second kappa shape index (κ2) is 7.71. The van der Waals surface area contributed by atoms with Crippen molar-refractivity contribution in [1.82, 2.24) is 9.97 Å². The minimum atomic E-state index is -4.66. The van der Waals surface area contributed by atoms with Crippen LogP contribution in [0.25, 0.3) is 10.2 Å². The second-order valence-electron chi connectivity index (χ2n) is 6.37. The summed E-state index contributed by atoms with van der Waals surface area (Å²) in [5.41, 5.74) is -0.0332. The molecule has 0 unspecified atom stereocenters. The minimum absolute atomic E-state index is 0.149. The van der Waals surface area contributed by atoms with Gasteiger partial charge in [-0.1, -0.05) is 17.4 Å². The van der Waals surface area contributed by atoms with Crippen molar-refractivity contribution in [1.29, 1.82) is 0 Å². The summed E-state index contributed by atoms with van der Waals surface area (Å²) in [7, 11) is -4.25. The number of benzene rings is 2. The first kappa shape index (κ1) is 20.9. The molecule has 0 spiro atoms. The van der Waals surface area contributed by atoms with E-state index in [-0.39, 0.29) is 11.6 Å². The third-order valence-electron chi connectivity index (χ3n) is 4.18. The predicted molar refractivity (Wildman–Crippen MR) is 111 cm³/mol. The summed E-state index contributed by atoms with van der Waals surface area (Å²) in [4.78, 5) is 18.6. The Hall–Kier alpha value is -3.38. The number of nitrogens with one attached hydrogen (secondary N) is 3. The van der Waals surface area contributed by atoms with Gasteiger partial charge in [0.2, 0.25) is 0 Å². The Morgan fingerprint density at radius 2 is 1.87 bits per heavy atom. The molecule has 0 atom stereocenters. The smallest absolute Gasteiger partial charge is 0.357 e. The van der Waals surface area contributed by atoms with Crippen LogP contribution in [0.1, 0.15) is 16.1 Å². The average molecular weight is 466 g/mol. The van der Waals surface area contributed by atoms with E-state index in [1.807, 2.05) is 0 Å². The number of hydrogen-bond acceptors (Lipinski definition) is 5. The fraction of sp³-hybridized carbons (Fsp3) is 0.0526. The van der Waals surface area contributed by atoms with Gasteiger partial charge in [-0.05, 0) is 48.5 Å². The van der Waals surface area contributed by atoms with E-state index in [9.17, 15) is 26.4 Å². The molecule has 4 rings (SSSR count). The summed E-state index contributed by atoms with van der Waals surface area (Å²) in [6.45, 7) is 0. The zero-order valence-electron chi connectivity index (χ0n) is 15.4. The van der Waals surface area contributed by atoms with Crippen LogP contribution in [-0.2, 0) is 16.2 Å². The predicted octanol–water partition coefficient (Wildman–Crippen LogP) is 4.70. The Morgan fingerprint density at radius 1 is 1.06 bits per heavy atom. The number of carbonyl (C=O) groups is 1. The highest BCUT2D eigenvalue weighted by molar-refractivity contribution is 7.92. The number of aromatic amines is 1. The normalized spacial score (nSPS) is 12.1. The molecule has 7 nitrogen and oxygen atoms in total. The van der Waals surface area contributed by atoms with Gasteiger partial charge in [0.15, 0.2) is 5.13 Å². The van der Waals surface area contributed by atoms with E-state index in [0.29, 0.717) is 27.1 Å². The third kappa shape index (κ3) is 4.54. The number of halogens is 3. The fourth-order valence-corrected chi connectivity index (χ4v) is 4.73. The number of nitrogens with zero attached hydrogens (tertiary/aromatic N) is 1. The number of fused-ring (bicyclic) bond motifs is 1. The summed E-state index contributed by atoms with van der Waals surface area (Å²) in [5.74, 6) is -0.380. The lowest BCUT2D eigenvalue weighted by molar-refractivity contribution is -0.137. The topological polar surface area (TPSA) is 104 Å². The molecule has 0 radical (unpaired) electrons. The Balaban J connectivity index is 1.57. The van der Waals surface area contributed by atoms with Crippen LogP contribution in [0.5, 0.6) is 0 Å². The number of anilines is 2. The standard InChI is InChI=1S/C19H13F3N4O3S2/c20-19(21,22)11-3-1-4-13(9-11)31(28,29)26-12-6-7-14-16(10-12)30-18(24-14)25-17(27)15-5-2-8-23-15/h1-10,23,26H,(H,24,25,27). The molecule has 2 aromatic heterocycles. The lowest BCUT2D eigenvalue weighted by Gasteiger charge is -2.11.